The van der Waals surface area contributed by atoms with Crippen LogP contribution in [0.3, 0.4) is 0 Å². The summed E-state index contributed by atoms with van der Waals surface area (Å²) >= 11 is 0. The number of aliphatic imine (C=N–C) groups is 1. The molecule has 1 aromatic carbocycles. The molecule has 6 nitrogen and oxygen atoms in total. The van der Waals surface area contributed by atoms with E-state index >= 15 is 0 Å². The molecule has 2 saturated heterocycles. The Kier molecular flexibility index (Phi) is 9.00. The first-order chi connectivity index (χ1) is 14.7. The second kappa shape index (κ2) is 11.9. The number of guanidine groups is 1. The molecule has 2 aliphatic rings. The topological polar surface area (TPSA) is 60.0 Å². The molecule has 6 heteroatoms. The monoisotopic (exact) mass is 413 g/mol. The minimum atomic E-state index is 0.162. The molecule has 2 fully saturated rings. The number of benzene rings is 1. The van der Waals surface area contributed by atoms with E-state index in [4.69, 9.17) is 0 Å². The van der Waals surface area contributed by atoms with Gasteiger partial charge in [-0.2, -0.15) is 0 Å². The van der Waals surface area contributed by atoms with Crippen molar-refractivity contribution in [2.45, 2.75) is 64.5 Å². The molecule has 2 N–H and O–H groups in total. The van der Waals surface area contributed by atoms with Gasteiger partial charge in [0.2, 0.25) is 0 Å². The van der Waals surface area contributed by atoms with Crippen molar-refractivity contribution in [1.29, 1.82) is 0 Å². The van der Waals surface area contributed by atoms with E-state index in [9.17, 15) is 4.79 Å². The summed E-state index contributed by atoms with van der Waals surface area (Å²) in [5.74, 6) is 0.991. The molecule has 0 aromatic heterocycles. The summed E-state index contributed by atoms with van der Waals surface area (Å²) in [6, 6.07) is 8.69. The van der Waals surface area contributed by atoms with Gasteiger partial charge in [-0.1, -0.05) is 18.6 Å². The average Bonchev–Trinajstić information content (AvgIpc) is 2.80. The second-order valence-corrected chi connectivity index (χ2v) is 8.64. The molecule has 3 rings (SSSR count). The third-order valence-corrected chi connectivity index (χ3v) is 6.38. The number of rotatable bonds is 7. The van der Waals surface area contributed by atoms with Crippen LogP contribution in [0.25, 0.3) is 0 Å². The van der Waals surface area contributed by atoms with Crippen molar-refractivity contribution in [1.82, 2.24) is 20.4 Å². The summed E-state index contributed by atoms with van der Waals surface area (Å²) in [5, 5.41) is 6.79. The highest BCUT2D eigenvalue weighted by atomic mass is 16.2. The smallest absolute Gasteiger partial charge is 0.253 e. The Bertz CT molecular complexity index is 681. The lowest BCUT2D eigenvalue weighted by Gasteiger charge is -2.33. The second-order valence-electron chi connectivity index (χ2n) is 8.64. The van der Waals surface area contributed by atoms with Crippen LogP contribution in [0.1, 0.15) is 67.8 Å². The van der Waals surface area contributed by atoms with Crippen LogP contribution in [-0.4, -0.2) is 67.5 Å². The maximum absolute atomic E-state index is 12.6. The van der Waals surface area contributed by atoms with Crippen LogP contribution in [0.4, 0.5) is 0 Å². The van der Waals surface area contributed by atoms with E-state index in [0.29, 0.717) is 6.54 Å². The zero-order valence-electron chi connectivity index (χ0n) is 18.8. The Balaban J connectivity index is 1.37. The van der Waals surface area contributed by atoms with Gasteiger partial charge in [-0.05, 0) is 69.7 Å². The Hall–Kier alpha value is -2.08. The van der Waals surface area contributed by atoms with Crippen LogP contribution in [0.15, 0.2) is 29.3 Å². The number of carbonyl (C=O) groups excluding carboxylic acids is 1. The highest BCUT2D eigenvalue weighted by Gasteiger charge is 2.18. The van der Waals surface area contributed by atoms with Crippen LogP contribution in [0.2, 0.25) is 0 Å². The molecule has 166 valence electrons. The lowest BCUT2D eigenvalue weighted by atomic mass is 10.0. The molecule has 2 aliphatic heterocycles. The van der Waals surface area contributed by atoms with Gasteiger partial charge in [0, 0.05) is 51.4 Å². The number of piperidine rings is 2. The lowest BCUT2D eigenvalue weighted by Crippen LogP contribution is -2.41. The van der Waals surface area contributed by atoms with Gasteiger partial charge < -0.3 is 20.4 Å². The zero-order valence-corrected chi connectivity index (χ0v) is 18.8. The van der Waals surface area contributed by atoms with Gasteiger partial charge in [0.25, 0.3) is 5.91 Å². The molecule has 1 atom stereocenters. The molecule has 0 bridgehead atoms. The zero-order chi connectivity index (χ0) is 21.2. The molecule has 1 unspecified atom stereocenters. The van der Waals surface area contributed by atoms with Gasteiger partial charge in [0.1, 0.15) is 0 Å². The van der Waals surface area contributed by atoms with Crippen LogP contribution >= 0.6 is 0 Å². The maximum atomic E-state index is 12.6. The predicted molar refractivity (Wildman–Crippen MR) is 124 cm³/mol. The van der Waals surface area contributed by atoms with Crippen LogP contribution < -0.4 is 10.6 Å². The number of carbonyl (C=O) groups is 1. The summed E-state index contributed by atoms with van der Waals surface area (Å²) in [6.45, 7) is 8.13. The minimum absolute atomic E-state index is 0.162. The predicted octanol–water partition coefficient (Wildman–Crippen LogP) is 3.24. The molecule has 0 saturated carbocycles. The third-order valence-electron chi connectivity index (χ3n) is 6.38. The van der Waals surface area contributed by atoms with E-state index in [2.05, 4.69) is 27.4 Å². The Morgan fingerprint density at radius 3 is 2.47 bits per heavy atom. The Labute approximate surface area is 182 Å². The summed E-state index contributed by atoms with van der Waals surface area (Å²) in [6.07, 6.45) is 8.65. The van der Waals surface area contributed by atoms with E-state index in [0.717, 1.165) is 68.6 Å². The van der Waals surface area contributed by atoms with Gasteiger partial charge in [0.05, 0.1) is 0 Å². The van der Waals surface area contributed by atoms with Crippen LogP contribution in [0, 0.1) is 0 Å². The quantitative estimate of drug-likeness (QED) is 0.409. The molecular weight excluding hydrogens is 374 g/mol. The van der Waals surface area contributed by atoms with Crippen LogP contribution in [0.5, 0.6) is 0 Å². The van der Waals surface area contributed by atoms with Gasteiger partial charge >= 0.3 is 0 Å². The van der Waals surface area contributed by atoms with Gasteiger partial charge in [0.15, 0.2) is 5.96 Å². The first-order valence-corrected chi connectivity index (χ1v) is 11.7. The molecule has 0 radical (unpaired) electrons. The molecule has 30 heavy (non-hydrogen) atoms. The Morgan fingerprint density at radius 2 is 1.77 bits per heavy atom. The SMILES string of the molecule is CN=C(NCCCN1CCCCC1C)NCc1ccc(C(=O)N2CCCCC2)cc1. The van der Waals surface area contributed by atoms with Gasteiger partial charge in [-0.15, -0.1) is 0 Å². The van der Waals surface area contributed by atoms with Crippen molar-refractivity contribution >= 4 is 11.9 Å². The number of hydrogen-bond acceptors (Lipinski definition) is 3. The van der Waals surface area contributed by atoms with Gasteiger partial charge in [-0.3, -0.25) is 9.79 Å². The number of amides is 1. The highest BCUT2D eigenvalue weighted by molar-refractivity contribution is 5.94. The number of likely N-dealkylation sites (tertiary alicyclic amines) is 2. The van der Waals surface area contributed by atoms with E-state index in [1.807, 2.05) is 36.2 Å². The normalized spacial score (nSPS) is 20.8. The molecule has 1 amide bonds. The van der Waals surface area contributed by atoms with Crippen molar-refractivity contribution in [3.8, 4) is 0 Å². The summed E-state index contributed by atoms with van der Waals surface area (Å²) in [4.78, 5) is 21.5. The van der Waals surface area contributed by atoms with Crippen LogP contribution in [-0.2, 0) is 6.54 Å². The van der Waals surface area contributed by atoms with E-state index in [1.54, 1.807) is 0 Å². The van der Waals surface area contributed by atoms with Crippen molar-refractivity contribution in [2.24, 2.45) is 4.99 Å². The van der Waals surface area contributed by atoms with Gasteiger partial charge in [-0.25, -0.2) is 0 Å². The van der Waals surface area contributed by atoms with E-state index < -0.39 is 0 Å². The van der Waals surface area contributed by atoms with E-state index in [1.165, 1.54) is 32.2 Å². The lowest BCUT2D eigenvalue weighted by molar-refractivity contribution is 0.0724. The van der Waals surface area contributed by atoms with Crippen molar-refractivity contribution < 1.29 is 4.79 Å². The highest BCUT2D eigenvalue weighted by Crippen LogP contribution is 2.16. The fraction of sp³-hybridized carbons (Fsp3) is 0.667. The molecule has 0 aliphatic carbocycles. The summed E-state index contributed by atoms with van der Waals surface area (Å²) < 4.78 is 0. The van der Waals surface area contributed by atoms with Crippen molar-refractivity contribution in [3.05, 3.63) is 35.4 Å². The van der Waals surface area contributed by atoms with Crippen molar-refractivity contribution in [3.63, 3.8) is 0 Å². The van der Waals surface area contributed by atoms with E-state index in [-0.39, 0.29) is 5.91 Å². The number of hydrogen-bond donors (Lipinski definition) is 2. The molecule has 2 heterocycles. The molecular formula is C24H39N5O. The average molecular weight is 414 g/mol. The summed E-state index contributed by atoms with van der Waals surface area (Å²) in [5.41, 5.74) is 1.94. The maximum Gasteiger partial charge on any atom is 0.253 e. The fourth-order valence-corrected chi connectivity index (χ4v) is 4.43. The molecule has 0 spiro atoms. The molecule has 1 aromatic rings. The first kappa shape index (κ1) is 22.6. The minimum Gasteiger partial charge on any atom is -0.356 e. The fourth-order valence-electron chi connectivity index (χ4n) is 4.43. The number of nitrogens with zero attached hydrogens (tertiary/aromatic N) is 3. The van der Waals surface area contributed by atoms with Crippen molar-refractivity contribution in [2.75, 3.05) is 39.8 Å². The number of nitrogens with one attached hydrogen (secondary N) is 2. The first-order valence-electron chi connectivity index (χ1n) is 11.7. The Morgan fingerprint density at radius 1 is 1.03 bits per heavy atom. The summed E-state index contributed by atoms with van der Waals surface area (Å²) in [7, 11) is 1.81. The largest absolute Gasteiger partial charge is 0.356 e. The third kappa shape index (κ3) is 6.73. The standard InChI is InChI=1S/C24H39N5O/c1-20-9-4-7-15-28(20)18-8-14-26-24(25-2)27-19-21-10-12-22(13-11-21)23(30)29-16-5-3-6-17-29/h10-13,20H,3-9,14-19H2,1-2H3,(H2,25,26,27).